The molecule has 0 amide bonds. The fourth-order valence-corrected chi connectivity index (χ4v) is 6.90. The first-order chi connectivity index (χ1) is 20.3. The van der Waals surface area contributed by atoms with Crippen LogP contribution in [-0.2, 0) is 5.72 Å². The first-order valence-corrected chi connectivity index (χ1v) is 15.0. The lowest BCUT2D eigenvalue weighted by atomic mass is 9.68. The van der Waals surface area contributed by atoms with Crippen molar-refractivity contribution >= 4 is 63.5 Å². The van der Waals surface area contributed by atoms with Gasteiger partial charge in [0.15, 0.2) is 11.5 Å². The summed E-state index contributed by atoms with van der Waals surface area (Å²) in [5, 5.41) is 21.0. The minimum absolute atomic E-state index is 0.269. The number of Topliss-reactive ketones (excluding diaryl/α,β-unsaturated/α-hetero) is 1. The lowest BCUT2D eigenvalue weighted by Gasteiger charge is -2.52. The number of hydrogen-bond donors (Lipinski definition) is 3. The highest BCUT2D eigenvalue weighted by Crippen LogP contribution is 2.53. The predicted octanol–water partition coefficient (Wildman–Crippen LogP) is 7.64. The van der Waals surface area contributed by atoms with Crippen molar-refractivity contribution < 1.29 is 9.90 Å². The summed E-state index contributed by atoms with van der Waals surface area (Å²) < 4.78 is 0. The summed E-state index contributed by atoms with van der Waals surface area (Å²) in [6.07, 6.45) is 0. The van der Waals surface area contributed by atoms with E-state index in [1.54, 1.807) is 30.3 Å². The predicted molar refractivity (Wildman–Crippen MR) is 173 cm³/mol. The Morgan fingerprint density at radius 1 is 0.905 bits per heavy atom. The molecule has 0 aliphatic carbocycles. The van der Waals surface area contributed by atoms with Crippen LogP contribution in [0.5, 0.6) is 0 Å². The number of thiocarbonyl (C=S) groups is 1. The number of hydrogen-bond acceptors (Lipinski definition) is 5. The zero-order valence-electron chi connectivity index (χ0n) is 22.2. The number of aliphatic hydroxyl groups is 1. The zero-order chi connectivity index (χ0) is 29.4. The third-order valence-corrected chi connectivity index (χ3v) is 8.98. The molecule has 2 aliphatic rings. The van der Waals surface area contributed by atoms with Crippen molar-refractivity contribution in [3.63, 3.8) is 0 Å². The van der Waals surface area contributed by atoms with Crippen LogP contribution in [0.1, 0.15) is 27.4 Å². The maximum atomic E-state index is 14.6. The normalized spacial score (nSPS) is 21.5. The third kappa shape index (κ3) is 5.08. The van der Waals surface area contributed by atoms with Gasteiger partial charge in [-0.15, -0.1) is 0 Å². The number of allylic oxidation sites excluding steroid dienone is 1. The molecule has 0 saturated carbocycles. The van der Waals surface area contributed by atoms with Crippen molar-refractivity contribution in [2.75, 3.05) is 18.4 Å². The summed E-state index contributed by atoms with van der Waals surface area (Å²) in [5.41, 5.74) is 1.27. The van der Waals surface area contributed by atoms with Crippen LogP contribution in [0.4, 0.5) is 5.69 Å². The Kier molecular flexibility index (Phi) is 8.01. The van der Waals surface area contributed by atoms with Crippen LogP contribution in [0.25, 0.3) is 0 Å². The number of carbonyl (C=O) groups is 1. The molecule has 5 nitrogen and oxygen atoms in total. The van der Waals surface area contributed by atoms with Crippen LogP contribution in [-0.4, -0.2) is 33.9 Å². The smallest absolute Gasteiger partial charge is 0.194 e. The number of rotatable bonds is 6. The topological polar surface area (TPSA) is 64.6 Å². The first-order valence-electron chi connectivity index (χ1n) is 13.4. The van der Waals surface area contributed by atoms with E-state index in [0.717, 1.165) is 11.3 Å². The van der Waals surface area contributed by atoms with E-state index in [2.05, 4.69) is 10.6 Å². The Bertz CT molecular complexity index is 1680. The summed E-state index contributed by atoms with van der Waals surface area (Å²) in [6, 6.07) is 31.1. The van der Waals surface area contributed by atoms with Crippen molar-refractivity contribution in [3.05, 3.63) is 146 Å². The highest BCUT2D eigenvalue weighted by molar-refractivity contribution is 7.80. The van der Waals surface area contributed by atoms with Gasteiger partial charge in [-0.25, -0.2) is 0 Å². The van der Waals surface area contributed by atoms with E-state index in [1.165, 1.54) is 0 Å². The van der Waals surface area contributed by atoms with E-state index in [1.807, 2.05) is 77.7 Å². The molecule has 2 aliphatic heterocycles. The highest BCUT2D eigenvalue weighted by atomic mass is 35.5. The Morgan fingerprint density at radius 2 is 1.55 bits per heavy atom. The second-order valence-electron chi connectivity index (χ2n) is 10.2. The maximum Gasteiger partial charge on any atom is 0.194 e. The molecule has 2 heterocycles. The summed E-state index contributed by atoms with van der Waals surface area (Å²) in [5.74, 6) is -1.28. The molecular weight excluding hydrogens is 609 g/mol. The molecule has 0 aromatic heterocycles. The maximum absolute atomic E-state index is 14.6. The Balaban J connectivity index is 1.64. The van der Waals surface area contributed by atoms with Crippen molar-refractivity contribution in [1.29, 1.82) is 0 Å². The van der Waals surface area contributed by atoms with Crippen LogP contribution in [0.2, 0.25) is 15.1 Å². The van der Waals surface area contributed by atoms with Crippen molar-refractivity contribution in [2.24, 2.45) is 5.92 Å². The number of carbonyl (C=O) groups excluding carboxylic acids is 1. The number of para-hydroxylation sites is 1. The van der Waals surface area contributed by atoms with Gasteiger partial charge in [0.1, 0.15) is 5.82 Å². The average molecular weight is 635 g/mol. The monoisotopic (exact) mass is 633 g/mol. The Morgan fingerprint density at radius 3 is 2.24 bits per heavy atom. The summed E-state index contributed by atoms with van der Waals surface area (Å²) >= 11 is 25.4. The average Bonchev–Trinajstić information content (AvgIpc) is 3.50. The standard InChI is InChI=1S/C33H26Cl3N3O2S/c34-22-13-11-20(12-14-22)27-28(30(40)25-19-23(35)15-16-26(25)36)31-37-17-18-39(31)33(41,21-7-3-1-4-8-21)29(27)32(42)38-24-9-5-2-6-10-24/h1-16,19,27,29,37,41H,17-18H2,(H,38,42)/t27-,29-,33+/m0/s1. The van der Waals surface area contributed by atoms with Gasteiger partial charge in [-0.3, -0.25) is 4.79 Å². The van der Waals surface area contributed by atoms with Crippen LogP contribution in [0.3, 0.4) is 0 Å². The van der Waals surface area contributed by atoms with Gasteiger partial charge in [-0.05, 0) is 48.0 Å². The van der Waals surface area contributed by atoms with Crippen molar-refractivity contribution in [2.45, 2.75) is 11.6 Å². The summed E-state index contributed by atoms with van der Waals surface area (Å²) in [6.45, 7) is 0.960. The van der Waals surface area contributed by atoms with Crippen LogP contribution in [0, 0.1) is 5.92 Å². The summed E-state index contributed by atoms with van der Waals surface area (Å²) in [4.78, 5) is 16.8. The number of halogens is 3. The molecule has 0 radical (unpaired) electrons. The molecule has 42 heavy (non-hydrogen) atoms. The number of nitrogens with zero attached hydrogens (tertiary/aromatic N) is 1. The van der Waals surface area contributed by atoms with Crippen LogP contribution in [0.15, 0.2) is 115 Å². The fraction of sp³-hybridized carbons (Fsp3) is 0.152. The molecule has 0 unspecified atom stereocenters. The number of nitrogens with one attached hydrogen (secondary N) is 2. The molecule has 6 rings (SSSR count). The Labute approximate surface area is 264 Å². The van der Waals surface area contributed by atoms with Gasteiger partial charge in [0.05, 0.1) is 15.9 Å². The molecule has 0 spiro atoms. The third-order valence-electron chi connectivity index (χ3n) is 7.81. The van der Waals surface area contributed by atoms with Gasteiger partial charge < -0.3 is 20.6 Å². The zero-order valence-corrected chi connectivity index (χ0v) is 25.3. The molecule has 212 valence electrons. The highest BCUT2D eigenvalue weighted by Gasteiger charge is 2.58. The number of benzene rings is 4. The molecule has 3 atom stereocenters. The lowest BCUT2D eigenvalue weighted by molar-refractivity contribution is -0.128. The lowest BCUT2D eigenvalue weighted by Crippen LogP contribution is -2.59. The largest absolute Gasteiger partial charge is 0.370 e. The Hall–Kier alpha value is -3.39. The minimum atomic E-state index is -1.62. The molecule has 4 aromatic carbocycles. The quantitative estimate of drug-likeness (QED) is 0.150. The van der Waals surface area contributed by atoms with E-state index in [-0.39, 0.29) is 16.4 Å². The first kappa shape index (κ1) is 28.7. The van der Waals surface area contributed by atoms with Gasteiger partial charge in [-0.2, -0.15) is 0 Å². The van der Waals surface area contributed by atoms with Gasteiger partial charge in [0, 0.05) is 51.4 Å². The minimum Gasteiger partial charge on any atom is -0.370 e. The van der Waals surface area contributed by atoms with Crippen molar-refractivity contribution in [1.82, 2.24) is 10.2 Å². The number of anilines is 1. The van der Waals surface area contributed by atoms with E-state index >= 15 is 0 Å². The summed E-state index contributed by atoms with van der Waals surface area (Å²) in [7, 11) is 0. The second-order valence-corrected chi connectivity index (χ2v) is 12.0. The SMILES string of the molecule is O=C(C1=C2NCCN2[C@@](O)(c2ccccc2)[C@H](C(=S)Nc2ccccc2)[C@H]1c1ccc(Cl)cc1)c1cc(Cl)ccc1Cl. The molecule has 1 saturated heterocycles. The van der Waals surface area contributed by atoms with E-state index in [9.17, 15) is 9.90 Å². The van der Waals surface area contributed by atoms with Gasteiger partial charge >= 0.3 is 0 Å². The van der Waals surface area contributed by atoms with Crippen molar-refractivity contribution in [3.8, 4) is 0 Å². The molecule has 1 fully saturated rings. The molecule has 9 heteroatoms. The van der Waals surface area contributed by atoms with Crippen LogP contribution >= 0.6 is 47.0 Å². The van der Waals surface area contributed by atoms with Gasteiger partial charge in [0.25, 0.3) is 0 Å². The molecule has 3 N–H and O–H groups in total. The van der Waals surface area contributed by atoms with E-state index < -0.39 is 17.6 Å². The number of fused-ring (bicyclic) bond motifs is 1. The second kappa shape index (κ2) is 11.7. The number of ketones is 1. The molecule has 4 aromatic rings. The van der Waals surface area contributed by atoms with Gasteiger partial charge in [0.2, 0.25) is 0 Å². The molecule has 0 bridgehead atoms. The molecular formula is C33H26Cl3N3O2S. The van der Waals surface area contributed by atoms with E-state index in [4.69, 9.17) is 47.0 Å². The fourth-order valence-electron chi connectivity index (χ4n) is 5.98. The van der Waals surface area contributed by atoms with Gasteiger partial charge in [-0.1, -0.05) is 108 Å². The van der Waals surface area contributed by atoms with Crippen LogP contribution < -0.4 is 10.6 Å². The van der Waals surface area contributed by atoms with E-state index in [0.29, 0.717) is 45.1 Å².